The van der Waals surface area contributed by atoms with E-state index in [-0.39, 0.29) is 11.8 Å². The van der Waals surface area contributed by atoms with Crippen LogP contribution in [0.1, 0.15) is 41.1 Å². The van der Waals surface area contributed by atoms with Gasteiger partial charge in [0.25, 0.3) is 0 Å². The van der Waals surface area contributed by atoms with Crippen molar-refractivity contribution in [3.05, 3.63) is 70.9 Å². The molecule has 0 radical (unpaired) electrons. The van der Waals surface area contributed by atoms with Crippen molar-refractivity contribution in [2.75, 3.05) is 24.6 Å². The van der Waals surface area contributed by atoms with Crippen LogP contribution in [0.4, 0.5) is 11.8 Å². The summed E-state index contributed by atoms with van der Waals surface area (Å²) in [6.45, 7) is 3.41. The molecular formula is C22H25N7O. The first kappa shape index (κ1) is 18.6. The normalized spacial score (nSPS) is 14.7. The Balaban J connectivity index is 1.46. The quantitative estimate of drug-likeness (QED) is 0.509. The van der Waals surface area contributed by atoms with Gasteiger partial charge in [0.2, 0.25) is 5.95 Å². The Morgan fingerprint density at radius 3 is 2.43 bits per heavy atom. The van der Waals surface area contributed by atoms with Gasteiger partial charge in [-0.3, -0.25) is 4.90 Å². The van der Waals surface area contributed by atoms with Gasteiger partial charge in [0, 0.05) is 13.0 Å². The highest BCUT2D eigenvalue weighted by atomic mass is 16.3. The molecule has 0 atom stereocenters. The van der Waals surface area contributed by atoms with Crippen LogP contribution in [-0.4, -0.2) is 37.6 Å². The lowest BCUT2D eigenvalue weighted by molar-refractivity contribution is 0.331. The van der Waals surface area contributed by atoms with Gasteiger partial charge in [-0.05, 0) is 49.2 Å². The molecule has 0 saturated carbocycles. The fourth-order valence-electron chi connectivity index (χ4n) is 4.11. The van der Waals surface area contributed by atoms with E-state index in [1.807, 2.05) is 12.1 Å². The highest BCUT2D eigenvalue weighted by Gasteiger charge is 2.19. The van der Waals surface area contributed by atoms with Crippen LogP contribution >= 0.6 is 0 Å². The maximum atomic E-state index is 6.06. The fraction of sp³-hybridized carbons (Fsp3) is 0.318. The van der Waals surface area contributed by atoms with Crippen molar-refractivity contribution >= 4 is 17.4 Å². The van der Waals surface area contributed by atoms with Gasteiger partial charge in [-0.15, -0.1) is 5.10 Å². The van der Waals surface area contributed by atoms with Crippen molar-refractivity contribution in [2.24, 2.45) is 0 Å². The van der Waals surface area contributed by atoms with Crippen LogP contribution in [0.15, 0.2) is 47.1 Å². The SMILES string of the molecule is Nc1nc(N)c2nc(Cc3ccco3)c(Cc3ccc(CN4CCCC4)cc3)n2n1. The van der Waals surface area contributed by atoms with Gasteiger partial charge in [0.05, 0.1) is 24.1 Å². The van der Waals surface area contributed by atoms with Crippen molar-refractivity contribution in [2.45, 2.75) is 32.2 Å². The zero-order valence-electron chi connectivity index (χ0n) is 16.8. The van der Waals surface area contributed by atoms with E-state index in [1.54, 1.807) is 10.8 Å². The van der Waals surface area contributed by atoms with Crippen molar-refractivity contribution < 1.29 is 4.42 Å². The van der Waals surface area contributed by atoms with Gasteiger partial charge >= 0.3 is 0 Å². The molecule has 0 spiro atoms. The summed E-state index contributed by atoms with van der Waals surface area (Å²) in [5, 5.41) is 4.37. The minimum absolute atomic E-state index is 0.129. The lowest BCUT2D eigenvalue weighted by Crippen LogP contribution is -2.18. The number of nitrogens with zero attached hydrogens (tertiary/aromatic N) is 5. The third kappa shape index (κ3) is 3.73. The van der Waals surface area contributed by atoms with Gasteiger partial charge < -0.3 is 15.9 Å². The van der Waals surface area contributed by atoms with Crippen molar-refractivity contribution in [1.82, 2.24) is 24.5 Å². The maximum Gasteiger partial charge on any atom is 0.240 e. The first-order chi connectivity index (χ1) is 14.7. The van der Waals surface area contributed by atoms with Gasteiger partial charge in [0.15, 0.2) is 11.5 Å². The fourth-order valence-corrected chi connectivity index (χ4v) is 4.11. The summed E-state index contributed by atoms with van der Waals surface area (Å²) in [7, 11) is 0. The molecule has 0 bridgehead atoms. The lowest BCUT2D eigenvalue weighted by atomic mass is 10.0. The molecule has 1 aliphatic rings. The summed E-state index contributed by atoms with van der Waals surface area (Å²) >= 11 is 0. The summed E-state index contributed by atoms with van der Waals surface area (Å²) in [6, 6.07) is 12.6. The van der Waals surface area contributed by atoms with E-state index in [2.05, 4.69) is 39.2 Å². The van der Waals surface area contributed by atoms with Crippen molar-refractivity contribution in [3.63, 3.8) is 0 Å². The molecule has 1 saturated heterocycles. The van der Waals surface area contributed by atoms with Gasteiger partial charge in [-0.2, -0.15) is 4.98 Å². The summed E-state index contributed by atoms with van der Waals surface area (Å²) in [5.41, 5.74) is 16.8. The molecule has 4 N–H and O–H groups in total. The monoisotopic (exact) mass is 403 g/mol. The highest BCUT2D eigenvalue weighted by molar-refractivity contribution is 5.62. The van der Waals surface area contributed by atoms with Crippen LogP contribution in [0.3, 0.4) is 0 Å². The number of aromatic nitrogens is 4. The standard InChI is InChI=1S/C22H25N7O/c23-20-21-25-18(13-17-4-3-11-30-17)19(29(21)27-22(24)26-20)12-15-5-7-16(8-6-15)14-28-9-1-2-10-28/h3-8,11H,1-2,9-10,12-14H2,(H4,23,24,26,27). The van der Waals surface area contributed by atoms with Crippen LogP contribution in [0, 0.1) is 0 Å². The largest absolute Gasteiger partial charge is 0.469 e. The zero-order chi connectivity index (χ0) is 20.5. The smallest absolute Gasteiger partial charge is 0.240 e. The van der Waals surface area contributed by atoms with Crippen molar-refractivity contribution in [1.29, 1.82) is 0 Å². The number of rotatable bonds is 6. The van der Waals surface area contributed by atoms with Crippen LogP contribution in [-0.2, 0) is 19.4 Å². The minimum Gasteiger partial charge on any atom is -0.469 e. The molecule has 154 valence electrons. The first-order valence-corrected chi connectivity index (χ1v) is 10.3. The van der Waals surface area contributed by atoms with Crippen LogP contribution in [0.25, 0.3) is 5.65 Å². The molecule has 1 fully saturated rings. The van der Waals surface area contributed by atoms with E-state index in [9.17, 15) is 0 Å². The number of furan rings is 1. The second-order valence-electron chi connectivity index (χ2n) is 7.83. The average molecular weight is 403 g/mol. The number of benzene rings is 1. The number of anilines is 2. The Morgan fingerprint density at radius 2 is 1.70 bits per heavy atom. The van der Waals surface area contributed by atoms with E-state index >= 15 is 0 Å². The maximum absolute atomic E-state index is 6.06. The average Bonchev–Trinajstić information content (AvgIpc) is 3.48. The van der Waals surface area contributed by atoms with E-state index in [1.165, 1.54) is 37.1 Å². The number of nitrogen functional groups attached to an aromatic ring is 2. The molecule has 4 aromatic rings. The molecule has 8 heteroatoms. The molecule has 0 aliphatic carbocycles. The van der Waals surface area contributed by atoms with Crippen LogP contribution in [0.5, 0.6) is 0 Å². The molecule has 1 aliphatic heterocycles. The topological polar surface area (TPSA) is 111 Å². The Morgan fingerprint density at radius 1 is 0.933 bits per heavy atom. The predicted octanol–water partition coefficient (Wildman–Crippen LogP) is 2.66. The van der Waals surface area contributed by atoms with Crippen LogP contribution < -0.4 is 11.5 Å². The number of nitrogens with two attached hydrogens (primary N) is 2. The second-order valence-corrected chi connectivity index (χ2v) is 7.83. The Bertz CT molecular complexity index is 1140. The Kier molecular flexibility index (Phi) is 4.84. The van der Waals surface area contributed by atoms with Crippen LogP contribution in [0.2, 0.25) is 0 Å². The van der Waals surface area contributed by atoms with E-state index in [0.717, 1.165) is 23.7 Å². The second kappa shape index (κ2) is 7.79. The molecular weight excluding hydrogens is 378 g/mol. The predicted molar refractivity (Wildman–Crippen MR) is 115 cm³/mol. The Hall–Kier alpha value is -3.39. The number of imidazole rings is 1. The van der Waals surface area contributed by atoms with Gasteiger partial charge in [-0.1, -0.05) is 24.3 Å². The van der Waals surface area contributed by atoms with Crippen molar-refractivity contribution in [3.8, 4) is 0 Å². The molecule has 0 amide bonds. The lowest BCUT2D eigenvalue weighted by Gasteiger charge is -2.14. The molecule has 5 rings (SSSR count). The third-order valence-corrected chi connectivity index (χ3v) is 5.62. The third-order valence-electron chi connectivity index (χ3n) is 5.62. The number of hydrogen-bond donors (Lipinski definition) is 2. The molecule has 1 aromatic carbocycles. The number of fused-ring (bicyclic) bond motifs is 1. The molecule has 3 aromatic heterocycles. The molecule has 0 unspecified atom stereocenters. The molecule has 30 heavy (non-hydrogen) atoms. The summed E-state index contributed by atoms with van der Waals surface area (Å²) in [5.74, 6) is 1.24. The van der Waals surface area contributed by atoms with Gasteiger partial charge in [-0.25, -0.2) is 9.50 Å². The van der Waals surface area contributed by atoms with E-state index in [4.69, 9.17) is 20.9 Å². The molecule has 8 nitrogen and oxygen atoms in total. The number of hydrogen-bond acceptors (Lipinski definition) is 7. The minimum atomic E-state index is 0.129. The molecule has 4 heterocycles. The van der Waals surface area contributed by atoms with E-state index < -0.39 is 0 Å². The summed E-state index contributed by atoms with van der Waals surface area (Å²) in [4.78, 5) is 11.3. The highest BCUT2D eigenvalue weighted by Crippen LogP contribution is 2.23. The summed E-state index contributed by atoms with van der Waals surface area (Å²) < 4.78 is 7.24. The van der Waals surface area contributed by atoms with Gasteiger partial charge in [0.1, 0.15) is 5.76 Å². The van der Waals surface area contributed by atoms with E-state index in [0.29, 0.717) is 18.5 Å². The number of likely N-dealkylation sites (tertiary alicyclic amines) is 1. The zero-order valence-corrected chi connectivity index (χ0v) is 16.8. The summed E-state index contributed by atoms with van der Waals surface area (Å²) in [6.07, 6.45) is 5.49. The first-order valence-electron chi connectivity index (χ1n) is 10.3. The Labute approximate surface area is 174 Å².